The van der Waals surface area contributed by atoms with Crippen molar-refractivity contribution in [2.75, 3.05) is 6.61 Å². The second kappa shape index (κ2) is 9.87. The van der Waals surface area contributed by atoms with Crippen LogP contribution in [-0.4, -0.2) is 18.8 Å². The number of ether oxygens (including phenoxy) is 1. The first-order valence-corrected chi connectivity index (χ1v) is 6.74. The van der Waals surface area contributed by atoms with Crippen molar-refractivity contribution in [1.82, 2.24) is 0 Å². The molecule has 0 saturated heterocycles. The molecule has 0 fully saturated rings. The van der Waals surface area contributed by atoms with Gasteiger partial charge in [-0.15, -0.1) is 0 Å². The molecule has 0 N–H and O–H groups in total. The Balaban J connectivity index is 3.28. The predicted molar refractivity (Wildman–Crippen MR) is 68.7 cm³/mol. The van der Waals surface area contributed by atoms with Crippen LogP contribution >= 0.6 is 0 Å². The molecule has 0 aromatic rings. The molecule has 112 valence electrons. The summed E-state index contributed by atoms with van der Waals surface area (Å²) in [4.78, 5) is 10.7. The monoisotopic (exact) mass is 280 g/mol. The molecule has 2 nitrogen and oxygen atoms in total. The minimum Gasteiger partial charge on any atom is -0.463 e. The third-order valence-corrected chi connectivity index (χ3v) is 3.00. The molecule has 0 aromatic heterocycles. The third-order valence-electron chi connectivity index (χ3n) is 3.00. The molecular formula is C14H23F3O2. The average molecular weight is 280 g/mol. The minimum absolute atomic E-state index is 0.209. The number of carbonyl (C=O) groups is 1. The van der Waals surface area contributed by atoms with Gasteiger partial charge in [-0.3, -0.25) is 0 Å². The predicted octanol–water partition coefficient (Wildman–Crippen LogP) is 4.64. The summed E-state index contributed by atoms with van der Waals surface area (Å²) in [5.41, 5.74) is 0. The van der Waals surface area contributed by atoms with Crippen LogP contribution in [0.5, 0.6) is 0 Å². The minimum atomic E-state index is -4.06. The van der Waals surface area contributed by atoms with Gasteiger partial charge in [0.2, 0.25) is 0 Å². The Labute approximate surface area is 113 Å². The van der Waals surface area contributed by atoms with Crippen molar-refractivity contribution in [3.05, 3.63) is 12.7 Å². The van der Waals surface area contributed by atoms with Crippen LogP contribution in [0.1, 0.15) is 51.9 Å². The summed E-state index contributed by atoms with van der Waals surface area (Å²) in [6.07, 6.45) is 2.33. The van der Waals surface area contributed by atoms with E-state index >= 15 is 0 Å². The van der Waals surface area contributed by atoms with Gasteiger partial charge in [-0.05, 0) is 12.8 Å². The first-order valence-electron chi connectivity index (χ1n) is 6.74. The Morgan fingerprint density at radius 3 is 2.21 bits per heavy atom. The Kier molecular flexibility index (Phi) is 9.35. The van der Waals surface area contributed by atoms with E-state index in [4.69, 9.17) is 4.74 Å². The molecule has 0 aliphatic rings. The number of carbonyl (C=O) groups excluding carboxylic acids is 1. The summed E-state index contributed by atoms with van der Waals surface area (Å²) >= 11 is 0. The van der Waals surface area contributed by atoms with Gasteiger partial charge in [0.25, 0.3) is 0 Å². The quantitative estimate of drug-likeness (QED) is 0.331. The van der Waals surface area contributed by atoms with Crippen molar-refractivity contribution in [2.24, 2.45) is 5.92 Å². The van der Waals surface area contributed by atoms with Crippen LogP contribution in [0.2, 0.25) is 0 Å². The SMILES string of the molecule is C=CC(=O)OCCCCCCCCC(C)C(F)(F)F. The van der Waals surface area contributed by atoms with Crippen molar-refractivity contribution in [1.29, 1.82) is 0 Å². The molecule has 0 radical (unpaired) electrons. The number of unbranched alkanes of at least 4 members (excludes halogenated alkanes) is 5. The standard InChI is InChI=1S/C14H23F3O2/c1-3-13(18)19-11-9-7-5-4-6-8-10-12(2)14(15,16)17/h3,12H,1,4-11H2,2H3. The van der Waals surface area contributed by atoms with Crippen LogP contribution in [0.3, 0.4) is 0 Å². The summed E-state index contributed by atoms with van der Waals surface area (Å²) in [7, 11) is 0. The van der Waals surface area contributed by atoms with Crippen LogP contribution in [0.15, 0.2) is 12.7 Å². The highest BCUT2D eigenvalue weighted by Crippen LogP contribution is 2.29. The van der Waals surface area contributed by atoms with Crippen molar-refractivity contribution in [3.8, 4) is 0 Å². The Bertz CT molecular complexity index is 262. The van der Waals surface area contributed by atoms with Gasteiger partial charge in [-0.2, -0.15) is 13.2 Å². The molecule has 0 amide bonds. The average Bonchev–Trinajstić information content (AvgIpc) is 2.34. The van der Waals surface area contributed by atoms with Gasteiger partial charge < -0.3 is 4.74 Å². The lowest BCUT2D eigenvalue weighted by Gasteiger charge is -2.14. The van der Waals surface area contributed by atoms with E-state index in [-0.39, 0.29) is 6.42 Å². The van der Waals surface area contributed by atoms with E-state index in [2.05, 4.69) is 6.58 Å². The summed E-state index contributed by atoms with van der Waals surface area (Å²) in [6, 6.07) is 0. The fourth-order valence-electron chi connectivity index (χ4n) is 1.66. The van der Waals surface area contributed by atoms with Crippen LogP contribution < -0.4 is 0 Å². The number of esters is 1. The summed E-state index contributed by atoms with van der Waals surface area (Å²) in [5, 5.41) is 0. The smallest absolute Gasteiger partial charge is 0.391 e. The molecule has 0 rings (SSSR count). The Morgan fingerprint density at radius 1 is 1.16 bits per heavy atom. The van der Waals surface area contributed by atoms with Gasteiger partial charge in [0.05, 0.1) is 12.5 Å². The molecule has 0 aliphatic carbocycles. The molecule has 5 heteroatoms. The number of alkyl halides is 3. The lowest BCUT2D eigenvalue weighted by atomic mass is 10.0. The highest BCUT2D eigenvalue weighted by Gasteiger charge is 2.34. The second-order valence-electron chi connectivity index (χ2n) is 4.72. The zero-order chi connectivity index (χ0) is 14.7. The first-order chi connectivity index (χ1) is 8.88. The van der Waals surface area contributed by atoms with Crippen LogP contribution in [0.4, 0.5) is 13.2 Å². The number of rotatable bonds is 10. The van der Waals surface area contributed by atoms with Crippen LogP contribution in [0, 0.1) is 5.92 Å². The van der Waals surface area contributed by atoms with E-state index in [1.54, 1.807) is 0 Å². The van der Waals surface area contributed by atoms with Gasteiger partial charge in [-0.25, -0.2) is 4.79 Å². The Hall–Kier alpha value is -1.00. The maximum absolute atomic E-state index is 12.2. The molecule has 0 aliphatic heterocycles. The van der Waals surface area contributed by atoms with E-state index in [0.717, 1.165) is 38.2 Å². The van der Waals surface area contributed by atoms with Crippen LogP contribution in [0.25, 0.3) is 0 Å². The molecule has 0 aromatic carbocycles. The molecule has 1 atom stereocenters. The number of hydrogen-bond acceptors (Lipinski definition) is 2. The summed E-state index contributed by atoms with van der Waals surface area (Å²) in [6.45, 7) is 4.90. The zero-order valence-corrected chi connectivity index (χ0v) is 11.5. The van der Waals surface area contributed by atoms with Gasteiger partial charge in [0.1, 0.15) is 0 Å². The highest BCUT2D eigenvalue weighted by atomic mass is 19.4. The second-order valence-corrected chi connectivity index (χ2v) is 4.72. The van der Waals surface area contributed by atoms with Crippen molar-refractivity contribution >= 4 is 5.97 Å². The van der Waals surface area contributed by atoms with Crippen molar-refractivity contribution in [3.63, 3.8) is 0 Å². The zero-order valence-electron chi connectivity index (χ0n) is 11.5. The topological polar surface area (TPSA) is 26.3 Å². The normalized spacial score (nSPS) is 13.1. The van der Waals surface area contributed by atoms with E-state index < -0.39 is 18.1 Å². The molecule has 0 spiro atoms. The molecule has 0 bridgehead atoms. The van der Waals surface area contributed by atoms with E-state index in [0.29, 0.717) is 13.0 Å². The fourth-order valence-corrected chi connectivity index (χ4v) is 1.66. The molecular weight excluding hydrogens is 257 g/mol. The molecule has 1 unspecified atom stereocenters. The molecule has 0 heterocycles. The summed E-state index contributed by atoms with van der Waals surface area (Å²) in [5.74, 6) is -1.62. The summed E-state index contributed by atoms with van der Waals surface area (Å²) < 4.78 is 41.4. The van der Waals surface area contributed by atoms with Crippen molar-refractivity contribution in [2.45, 2.75) is 58.0 Å². The van der Waals surface area contributed by atoms with Crippen molar-refractivity contribution < 1.29 is 22.7 Å². The maximum Gasteiger partial charge on any atom is 0.391 e. The van der Waals surface area contributed by atoms with Crippen LogP contribution in [-0.2, 0) is 9.53 Å². The van der Waals surface area contributed by atoms with E-state index in [1.807, 2.05) is 0 Å². The van der Waals surface area contributed by atoms with Gasteiger partial charge in [-0.1, -0.05) is 45.6 Å². The lowest BCUT2D eigenvalue weighted by Crippen LogP contribution is -2.19. The lowest BCUT2D eigenvalue weighted by molar-refractivity contribution is -0.171. The van der Waals surface area contributed by atoms with Gasteiger partial charge in [0, 0.05) is 6.08 Å². The van der Waals surface area contributed by atoms with Gasteiger partial charge in [0.15, 0.2) is 0 Å². The number of hydrogen-bond donors (Lipinski definition) is 0. The highest BCUT2D eigenvalue weighted by molar-refractivity contribution is 5.81. The third kappa shape index (κ3) is 10.6. The van der Waals surface area contributed by atoms with E-state index in [9.17, 15) is 18.0 Å². The Morgan fingerprint density at radius 2 is 1.68 bits per heavy atom. The maximum atomic E-state index is 12.2. The van der Waals surface area contributed by atoms with Gasteiger partial charge >= 0.3 is 12.1 Å². The molecule has 19 heavy (non-hydrogen) atoms. The molecule has 0 saturated carbocycles. The largest absolute Gasteiger partial charge is 0.463 e. The fraction of sp³-hybridized carbons (Fsp3) is 0.786. The first kappa shape index (κ1) is 18.0. The number of halogens is 3. The van der Waals surface area contributed by atoms with E-state index in [1.165, 1.54) is 6.92 Å².